The SMILES string of the molecule is Cc1cccc(-c2[nH]ncc2CN[C@H]2CC(=O)N(CCN3CCOCC3)C2)c1. The van der Waals surface area contributed by atoms with Crippen molar-refractivity contribution in [3.63, 3.8) is 0 Å². The first-order chi connectivity index (χ1) is 13.7. The molecule has 1 amide bonds. The number of aromatic nitrogens is 2. The Morgan fingerprint density at radius 3 is 2.96 bits per heavy atom. The van der Waals surface area contributed by atoms with Crippen molar-refractivity contribution in [3.8, 4) is 11.3 Å². The number of aryl methyl sites for hydroxylation is 1. The van der Waals surface area contributed by atoms with Gasteiger partial charge >= 0.3 is 0 Å². The van der Waals surface area contributed by atoms with Gasteiger partial charge in [0.05, 0.1) is 25.1 Å². The number of carbonyl (C=O) groups excluding carboxylic acids is 1. The molecule has 2 aromatic rings. The van der Waals surface area contributed by atoms with E-state index in [0.717, 1.165) is 62.8 Å². The Balaban J connectivity index is 1.29. The van der Waals surface area contributed by atoms with Crippen LogP contribution in [0.5, 0.6) is 0 Å². The Bertz CT molecular complexity index is 800. The van der Waals surface area contributed by atoms with Crippen LogP contribution < -0.4 is 5.32 Å². The molecule has 4 rings (SSSR count). The normalized spacial score (nSPS) is 20.8. The molecule has 1 atom stereocenters. The third kappa shape index (κ3) is 4.60. The van der Waals surface area contributed by atoms with Crippen molar-refractivity contribution < 1.29 is 9.53 Å². The Labute approximate surface area is 166 Å². The summed E-state index contributed by atoms with van der Waals surface area (Å²) < 4.78 is 5.39. The van der Waals surface area contributed by atoms with Crippen molar-refractivity contribution in [2.24, 2.45) is 0 Å². The Morgan fingerprint density at radius 2 is 2.14 bits per heavy atom. The molecule has 0 bridgehead atoms. The monoisotopic (exact) mass is 383 g/mol. The van der Waals surface area contributed by atoms with E-state index in [1.54, 1.807) is 0 Å². The fourth-order valence-corrected chi connectivity index (χ4v) is 3.96. The van der Waals surface area contributed by atoms with E-state index >= 15 is 0 Å². The molecule has 0 aliphatic carbocycles. The van der Waals surface area contributed by atoms with Crippen molar-refractivity contribution in [2.75, 3.05) is 45.9 Å². The van der Waals surface area contributed by atoms with E-state index < -0.39 is 0 Å². The summed E-state index contributed by atoms with van der Waals surface area (Å²) in [7, 11) is 0. The summed E-state index contributed by atoms with van der Waals surface area (Å²) in [5, 5.41) is 10.9. The number of likely N-dealkylation sites (tertiary alicyclic amines) is 1. The highest BCUT2D eigenvalue weighted by Gasteiger charge is 2.29. The predicted octanol–water partition coefficient (Wildman–Crippen LogP) is 1.41. The lowest BCUT2D eigenvalue weighted by atomic mass is 10.1. The van der Waals surface area contributed by atoms with Crippen LogP contribution in [-0.2, 0) is 16.1 Å². The number of nitrogens with one attached hydrogen (secondary N) is 2. The van der Waals surface area contributed by atoms with Crippen LogP contribution in [0.3, 0.4) is 0 Å². The van der Waals surface area contributed by atoms with Crippen molar-refractivity contribution >= 4 is 5.91 Å². The van der Waals surface area contributed by atoms with E-state index in [9.17, 15) is 4.79 Å². The summed E-state index contributed by atoms with van der Waals surface area (Å²) in [6.07, 6.45) is 2.44. The highest BCUT2D eigenvalue weighted by molar-refractivity contribution is 5.79. The molecule has 28 heavy (non-hydrogen) atoms. The molecule has 2 aliphatic heterocycles. The molecule has 2 N–H and O–H groups in total. The highest BCUT2D eigenvalue weighted by atomic mass is 16.5. The lowest BCUT2D eigenvalue weighted by Gasteiger charge is -2.28. The number of ether oxygens (including phenoxy) is 1. The summed E-state index contributed by atoms with van der Waals surface area (Å²) in [5.74, 6) is 0.247. The van der Waals surface area contributed by atoms with Gasteiger partial charge in [-0.3, -0.25) is 14.8 Å². The van der Waals surface area contributed by atoms with Crippen molar-refractivity contribution in [1.82, 2.24) is 25.3 Å². The Hall–Kier alpha value is -2.22. The number of H-pyrrole nitrogens is 1. The third-order valence-electron chi connectivity index (χ3n) is 5.61. The van der Waals surface area contributed by atoms with E-state index in [1.165, 1.54) is 5.56 Å². The summed E-state index contributed by atoms with van der Waals surface area (Å²) >= 11 is 0. The number of hydrogen-bond donors (Lipinski definition) is 2. The van der Waals surface area contributed by atoms with Gasteiger partial charge in [0, 0.05) is 62.9 Å². The van der Waals surface area contributed by atoms with Gasteiger partial charge in [-0.2, -0.15) is 5.10 Å². The van der Waals surface area contributed by atoms with E-state index in [4.69, 9.17) is 4.74 Å². The minimum Gasteiger partial charge on any atom is -0.379 e. The number of aromatic amines is 1. The van der Waals surface area contributed by atoms with Crippen molar-refractivity contribution in [3.05, 3.63) is 41.6 Å². The second kappa shape index (κ2) is 8.86. The van der Waals surface area contributed by atoms with Gasteiger partial charge in [0.25, 0.3) is 0 Å². The molecule has 0 saturated carbocycles. The van der Waals surface area contributed by atoms with Gasteiger partial charge in [0.15, 0.2) is 0 Å². The standard InChI is InChI=1S/C21H29N5O2/c1-16-3-2-4-17(11-16)21-18(14-23-24-21)13-22-19-12-20(27)26(15-19)6-5-25-7-9-28-10-8-25/h2-4,11,14,19,22H,5-10,12-13,15H2,1H3,(H,23,24)/t19-/m0/s1. The maximum absolute atomic E-state index is 12.4. The highest BCUT2D eigenvalue weighted by Crippen LogP contribution is 2.22. The first kappa shape index (κ1) is 19.1. The smallest absolute Gasteiger partial charge is 0.224 e. The van der Waals surface area contributed by atoms with Crippen LogP contribution in [0.25, 0.3) is 11.3 Å². The van der Waals surface area contributed by atoms with Crippen LogP contribution in [-0.4, -0.2) is 77.9 Å². The summed E-state index contributed by atoms with van der Waals surface area (Å²) in [6.45, 7) is 8.83. The molecule has 3 heterocycles. The summed E-state index contributed by atoms with van der Waals surface area (Å²) in [6, 6.07) is 8.59. The minimum absolute atomic E-state index is 0.192. The quantitative estimate of drug-likeness (QED) is 0.756. The van der Waals surface area contributed by atoms with Crippen LogP contribution in [0, 0.1) is 6.92 Å². The lowest BCUT2D eigenvalue weighted by molar-refractivity contribution is -0.128. The maximum Gasteiger partial charge on any atom is 0.224 e. The number of nitrogens with zero attached hydrogens (tertiary/aromatic N) is 3. The van der Waals surface area contributed by atoms with Gasteiger partial charge in [-0.15, -0.1) is 0 Å². The maximum atomic E-state index is 12.4. The van der Waals surface area contributed by atoms with Gasteiger partial charge in [-0.05, 0) is 13.0 Å². The average Bonchev–Trinajstić information content (AvgIpc) is 3.32. The molecule has 2 saturated heterocycles. The first-order valence-electron chi connectivity index (χ1n) is 10.1. The van der Waals surface area contributed by atoms with Crippen LogP contribution in [0.2, 0.25) is 0 Å². The van der Waals surface area contributed by atoms with Gasteiger partial charge in [-0.1, -0.05) is 23.8 Å². The van der Waals surface area contributed by atoms with Crippen LogP contribution in [0.4, 0.5) is 0 Å². The number of rotatable bonds is 7. The summed E-state index contributed by atoms with van der Waals surface area (Å²) in [4.78, 5) is 16.7. The summed E-state index contributed by atoms with van der Waals surface area (Å²) in [5.41, 5.74) is 4.54. The Morgan fingerprint density at radius 1 is 1.29 bits per heavy atom. The van der Waals surface area contributed by atoms with Gasteiger partial charge < -0.3 is 15.0 Å². The predicted molar refractivity (Wildman–Crippen MR) is 108 cm³/mol. The fraction of sp³-hybridized carbons (Fsp3) is 0.524. The van der Waals surface area contributed by atoms with Gasteiger partial charge in [0.1, 0.15) is 0 Å². The molecule has 1 aromatic heterocycles. The topological polar surface area (TPSA) is 73.5 Å². The van der Waals surface area contributed by atoms with Crippen molar-refractivity contribution in [1.29, 1.82) is 0 Å². The number of amides is 1. The largest absolute Gasteiger partial charge is 0.379 e. The van der Waals surface area contributed by atoms with Gasteiger partial charge in [0.2, 0.25) is 5.91 Å². The fourth-order valence-electron chi connectivity index (χ4n) is 3.96. The molecule has 0 spiro atoms. The molecule has 7 nitrogen and oxygen atoms in total. The van der Waals surface area contributed by atoms with E-state index in [2.05, 4.69) is 51.6 Å². The van der Waals surface area contributed by atoms with Crippen LogP contribution in [0.1, 0.15) is 17.5 Å². The van der Waals surface area contributed by atoms with Crippen LogP contribution >= 0.6 is 0 Å². The zero-order valence-corrected chi connectivity index (χ0v) is 16.5. The molecular formula is C21H29N5O2. The minimum atomic E-state index is 0.192. The molecular weight excluding hydrogens is 354 g/mol. The van der Waals surface area contributed by atoms with E-state index in [-0.39, 0.29) is 11.9 Å². The lowest BCUT2D eigenvalue weighted by Crippen LogP contribution is -2.42. The molecule has 0 radical (unpaired) electrons. The molecule has 2 fully saturated rings. The molecule has 150 valence electrons. The second-order valence-corrected chi connectivity index (χ2v) is 7.72. The molecule has 7 heteroatoms. The molecule has 2 aliphatic rings. The number of benzene rings is 1. The van der Waals surface area contributed by atoms with Gasteiger partial charge in [-0.25, -0.2) is 0 Å². The first-order valence-corrected chi connectivity index (χ1v) is 10.1. The molecule has 1 aromatic carbocycles. The van der Waals surface area contributed by atoms with Crippen molar-refractivity contribution in [2.45, 2.75) is 25.9 Å². The van der Waals surface area contributed by atoms with E-state index in [1.807, 2.05) is 11.1 Å². The zero-order valence-electron chi connectivity index (χ0n) is 16.5. The third-order valence-corrected chi connectivity index (χ3v) is 5.61. The zero-order chi connectivity index (χ0) is 19.3. The Kier molecular flexibility index (Phi) is 6.04. The van der Waals surface area contributed by atoms with E-state index in [0.29, 0.717) is 13.0 Å². The average molecular weight is 383 g/mol. The number of carbonyl (C=O) groups is 1. The second-order valence-electron chi connectivity index (χ2n) is 7.72. The van der Waals surface area contributed by atoms with Crippen LogP contribution in [0.15, 0.2) is 30.5 Å². The number of morpholine rings is 1. The molecule has 0 unspecified atom stereocenters. The number of hydrogen-bond acceptors (Lipinski definition) is 5.